The van der Waals surface area contributed by atoms with Gasteiger partial charge in [-0.25, -0.2) is 4.79 Å². The minimum Gasteiger partial charge on any atom is -0.462 e. The second-order valence-electron chi connectivity index (χ2n) is 10.3. The van der Waals surface area contributed by atoms with Crippen LogP contribution >= 0.6 is 0 Å². The molecule has 3 aliphatic heterocycles. The number of piperazine rings is 1. The number of benzene rings is 1. The largest absolute Gasteiger partial charge is 0.462 e. The van der Waals surface area contributed by atoms with Crippen LogP contribution in [0.1, 0.15) is 42.5 Å². The number of rotatable bonds is 7. The van der Waals surface area contributed by atoms with Crippen LogP contribution < -0.4 is 15.0 Å². The summed E-state index contributed by atoms with van der Waals surface area (Å²) < 4.78 is 11.8. The molecule has 2 aromatic rings. The number of fused-ring (bicyclic) bond motifs is 1. The minimum atomic E-state index is -0.385. The Labute approximate surface area is 224 Å². The van der Waals surface area contributed by atoms with Crippen LogP contribution in [0.25, 0.3) is 0 Å². The molecule has 0 unspecified atom stereocenters. The van der Waals surface area contributed by atoms with E-state index in [-0.39, 0.29) is 25.2 Å². The molecule has 4 heterocycles. The normalized spacial score (nSPS) is 21.9. The van der Waals surface area contributed by atoms with E-state index in [0.717, 1.165) is 55.0 Å². The Balaban J connectivity index is 1.32. The molecule has 2 fully saturated rings. The van der Waals surface area contributed by atoms with E-state index in [9.17, 15) is 10.1 Å². The Morgan fingerprint density at radius 2 is 2.03 bits per heavy atom. The van der Waals surface area contributed by atoms with Crippen LogP contribution in [0.3, 0.4) is 0 Å². The lowest BCUT2D eigenvalue weighted by Gasteiger charge is -2.41. The maximum atomic E-state index is 13.0. The lowest BCUT2D eigenvalue weighted by molar-refractivity contribution is 0.0767. The molecule has 10 heteroatoms. The van der Waals surface area contributed by atoms with E-state index < -0.39 is 0 Å². The number of carbonyl (C=O) groups is 1. The fourth-order valence-electron chi connectivity index (χ4n) is 5.55. The fraction of sp³-hybridized carbons (Fsp3) is 0.571. The van der Waals surface area contributed by atoms with Crippen LogP contribution in [0.15, 0.2) is 30.3 Å². The maximum absolute atomic E-state index is 13.0. The second kappa shape index (κ2) is 12.4. The number of nitrogens with zero attached hydrogens (tertiary/aromatic N) is 6. The van der Waals surface area contributed by atoms with Gasteiger partial charge in [0.1, 0.15) is 19.0 Å². The number of ether oxygens (including phenoxy) is 2. The van der Waals surface area contributed by atoms with Gasteiger partial charge in [0.05, 0.1) is 24.2 Å². The maximum Gasteiger partial charge on any atom is 0.410 e. The topological polar surface area (TPSA) is 107 Å². The molecule has 202 valence electrons. The number of hydrogen-bond acceptors (Lipinski definition) is 9. The van der Waals surface area contributed by atoms with E-state index in [1.165, 1.54) is 6.42 Å². The summed E-state index contributed by atoms with van der Waals surface area (Å²) in [6, 6.07) is 12.4. The number of amides is 1. The smallest absolute Gasteiger partial charge is 0.410 e. The van der Waals surface area contributed by atoms with Crippen molar-refractivity contribution in [2.75, 3.05) is 51.3 Å². The quantitative estimate of drug-likeness (QED) is 0.591. The average molecular weight is 520 g/mol. The van der Waals surface area contributed by atoms with Gasteiger partial charge < -0.3 is 29.5 Å². The summed E-state index contributed by atoms with van der Waals surface area (Å²) in [7, 11) is 2.13. The number of nitrogens with one attached hydrogen (secondary N) is 1. The Bertz CT molecular complexity index is 1140. The molecule has 0 saturated carbocycles. The third-order valence-electron chi connectivity index (χ3n) is 7.75. The van der Waals surface area contributed by atoms with Gasteiger partial charge in [-0.15, -0.1) is 0 Å². The lowest BCUT2D eigenvalue weighted by Crippen LogP contribution is -2.55. The molecule has 0 radical (unpaired) electrons. The molecule has 0 bridgehead atoms. The molecule has 1 N–H and O–H groups in total. The van der Waals surface area contributed by atoms with Crippen LogP contribution in [-0.4, -0.2) is 84.3 Å². The standard InChI is InChI=1S/C28H37N7O3/c1-33-14-6-9-23(33)20-37-27-31-25-17-30-13-5-10-24(25)26(32-27)34-15-16-35(22(18-34)11-12-29)28(36)38-19-21-7-3-2-4-8-21/h2-4,7-8,22-23,30H,5-6,9-11,13-20H2,1H3/t22-,23-/m0/s1. The third kappa shape index (κ3) is 6.17. The molecule has 3 aliphatic rings. The average Bonchev–Trinajstić information content (AvgIpc) is 3.20. The van der Waals surface area contributed by atoms with Gasteiger partial charge in [0, 0.05) is 37.8 Å². The minimum absolute atomic E-state index is 0.211. The molecule has 1 aromatic carbocycles. The number of carbonyl (C=O) groups excluding carboxylic acids is 1. The van der Waals surface area contributed by atoms with Crippen molar-refractivity contribution < 1.29 is 14.3 Å². The molecular weight excluding hydrogens is 482 g/mol. The first-order valence-electron chi connectivity index (χ1n) is 13.6. The number of aromatic nitrogens is 2. The zero-order valence-electron chi connectivity index (χ0n) is 22.1. The predicted octanol–water partition coefficient (Wildman–Crippen LogP) is 2.73. The van der Waals surface area contributed by atoms with Crippen molar-refractivity contribution in [2.45, 2.75) is 57.3 Å². The summed E-state index contributed by atoms with van der Waals surface area (Å²) in [6.45, 7) is 5.05. The Morgan fingerprint density at radius 3 is 2.82 bits per heavy atom. The van der Waals surface area contributed by atoms with Gasteiger partial charge in [0.15, 0.2) is 0 Å². The Hall–Kier alpha value is -3.42. The molecule has 5 rings (SSSR count). The highest BCUT2D eigenvalue weighted by Gasteiger charge is 2.34. The van der Waals surface area contributed by atoms with Crippen LogP contribution in [0.4, 0.5) is 10.6 Å². The van der Waals surface area contributed by atoms with E-state index in [2.05, 4.69) is 28.2 Å². The summed E-state index contributed by atoms with van der Waals surface area (Å²) in [6.07, 6.45) is 4.03. The van der Waals surface area contributed by atoms with Gasteiger partial charge in [0.2, 0.25) is 0 Å². The Morgan fingerprint density at radius 1 is 1.16 bits per heavy atom. The molecule has 0 aliphatic carbocycles. The van der Waals surface area contributed by atoms with E-state index in [0.29, 0.717) is 44.8 Å². The summed E-state index contributed by atoms with van der Waals surface area (Å²) in [5.41, 5.74) is 3.05. The highest BCUT2D eigenvalue weighted by Crippen LogP contribution is 2.29. The number of nitriles is 1. The number of anilines is 1. The number of likely N-dealkylation sites (tertiary alicyclic amines) is 1. The van der Waals surface area contributed by atoms with Crippen molar-refractivity contribution in [3.63, 3.8) is 0 Å². The van der Waals surface area contributed by atoms with Crippen LogP contribution in [0, 0.1) is 11.3 Å². The fourth-order valence-corrected chi connectivity index (χ4v) is 5.55. The third-order valence-corrected chi connectivity index (χ3v) is 7.75. The van der Waals surface area contributed by atoms with Crippen molar-refractivity contribution in [3.8, 4) is 12.1 Å². The molecule has 1 amide bonds. The zero-order valence-corrected chi connectivity index (χ0v) is 22.1. The van der Waals surface area contributed by atoms with Gasteiger partial charge in [0.25, 0.3) is 0 Å². The van der Waals surface area contributed by atoms with Crippen molar-refractivity contribution in [2.24, 2.45) is 0 Å². The van der Waals surface area contributed by atoms with Crippen LogP contribution in [0.2, 0.25) is 0 Å². The van der Waals surface area contributed by atoms with Gasteiger partial charge in [-0.05, 0) is 51.4 Å². The molecule has 1 aromatic heterocycles. The first kappa shape index (κ1) is 26.2. The first-order chi connectivity index (χ1) is 18.6. The van der Waals surface area contributed by atoms with Gasteiger partial charge in [-0.2, -0.15) is 15.2 Å². The van der Waals surface area contributed by atoms with Gasteiger partial charge in [-0.1, -0.05) is 30.3 Å². The Kier molecular flexibility index (Phi) is 8.56. The second-order valence-corrected chi connectivity index (χ2v) is 10.3. The van der Waals surface area contributed by atoms with Crippen molar-refractivity contribution in [3.05, 3.63) is 47.2 Å². The van der Waals surface area contributed by atoms with E-state index in [1.807, 2.05) is 30.3 Å². The predicted molar refractivity (Wildman–Crippen MR) is 143 cm³/mol. The lowest BCUT2D eigenvalue weighted by atomic mass is 10.1. The number of likely N-dealkylation sites (N-methyl/N-ethyl adjacent to an activating group) is 1. The van der Waals surface area contributed by atoms with E-state index in [4.69, 9.17) is 19.4 Å². The van der Waals surface area contributed by atoms with E-state index >= 15 is 0 Å². The van der Waals surface area contributed by atoms with Crippen molar-refractivity contribution in [1.82, 2.24) is 25.1 Å². The summed E-state index contributed by atoms with van der Waals surface area (Å²) in [5, 5.41) is 13.0. The highest BCUT2D eigenvalue weighted by atomic mass is 16.6. The van der Waals surface area contributed by atoms with E-state index in [1.54, 1.807) is 4.90 Å². The van der Waals surface area contributed by atoms with Gasteiger partial charge >= 0.3 is 12.1 Å². The molecule has 2 atom stereocenters. The van der Waals surface area contributed by atoms with Crippen molar-refractivity contribution in [1.29, 1.82) is 5.26 Å². The van der Waals surface area contributed by atoms with Crippen LogP contribution in [-0.2, 0) is 24.3 Å². The highest BCUT2D eigenvalue weighted by molar-refractivity contribution is 5.69. The SMILES string of the molecule is CN1CCC[C@H]1COc1nc2c(c(N3CCN(C(=O)OCc4ccccc4)[C@@H](CC#N)C3)n1)CCCNC2. The summed E-state index contributed by atoms with van der Waals surface area (Å²) in [4.78, 5) is 28.9. The van der Waals surface area contributed by atoms with Gasteiger partial charge in [-0.3, -0.25) is 0 Å². The molecule has 0 spiro atoms. The first-order valence-corrected chi connectivity index (χ1v) is 13.6. The molecule has 10 nitrogen and oxygen atoms in total. The molecular formula is C28H37N7O3. The summed E-state index contributed by atoms with van der Waals surface area (Å²) >= 11 is 0. The van der Waals surface area contributed by atoms with Crippen LogP contribution in [0.5, 0.6) is 6.01 Å². The van der Waals surface area contributed by atoms with Crippen molar-refractivity contribution >= 4 is 11.9 Å². The zero-order chi connectivity index (χ0) is 26.3. The molecule has 38 heavy (non-hydrogen) atoms. The molecule has 2 saturated heterocycles. The summed E-state index contributed by atoms with van der Waals surface area (Å²) in [5.74, 6) is 0.869. The number of hydrogen-bond donors (Lipinski definition) is 1. The monoisotopic (exact) mass is 519 g/mol.